The summed E-state index contributed by atoms with van der Waals surface area (Å²) < 4.78 is 26.0. The lowest BCUT2D eigenvalue weighted by Gasteiger charge is -2.26. The highest BCUT2D eigenvalue weighted by Crippen LogP contribution is 2.24. The number of sulfonamides is 1. The van der Waals surface area contributed by atoms with Gasteiger partial charge in [0.05, 0.1) is 4.90 Å². The van der Waals surface area contributed by atoms with E-state index in [2.05, 4.69) is 5.32 Å². The van der Waals surface area contributed by atoms with Gasteiger partial charge in [-0.15, -0.1) is 0 Å². The van der Waals surface area contributed by atoms with Crippen molar-refractivity contribution in [3.8, 4) is 0 Å². The first kappa shape index (κ1) is 13.1. The van der Waals surface area contributed by atoms with E-state index in [0.717, 1.165) is 0 Å². The van der Waals surface area contributed by atoms with Crippen molar-refractivity contribution in [1.82, 2.24) is 9.62 Å². The Kier molecular flexibility index (Phi) is 3.95. The molecule has 1 heterocycles. The summed E-state index contributed by atoms with van der Waals surface area (Å²) in [4.78, 5) is 0.150. The maximum Gasteiger partial charge on any atom is 0.243 e. The second-order valence-corrected chi connectivity index (χ2v) is 6.57. The molecule has 4 nitrogen and oxygen atoms in total. The maximum absolute atomic E-state index is 12.3. The molecule has 0 atom stereocenters. The summed E-state index contributed by atoms with van der Waals surface area (Å²) in [6.45, 7) is 2.25. The quantitative estimate of drug-likeness (QED) is 0.901. The monoisotopic (exact) mass is 294 g/mol. The zero-order valence-electron chi connectivity index (χ0n) is 8.99. The number of rotatable bonds is 2. The van der Waals surface area contributed by atoms with Gasteiger partial charge in [0.1, 0.15) is 0 Å². The molecule has 0 unspecified atom stereocenters. The van der Waals surface area contributed by atoms with Gasteiger partial charge in [-0.1, -0.05) is 23.2 Å². The summed E-state index contributed by atoms with van der Waals surface area (Å²) in [7, 11) is -3.48. The van der Waals surface area contributed by atoms with Gasteiger partial charge in [-0.05, 0) is 18.2 Å². The van der Waals surface area contributed by atoms with E-state index in [9.17, 15) is 8.42 Å². The third kappa shape index (κ3) is 2.92. The van der Waals surface area contributed by atoms with Crippen LogP contribution in [0.4, 0.5) is 0 Å². The van der Waals surface area contributed by atoms with Gasteiger partial charge >= 0.3 is 0 Å². The molecular formula is C10H12Cl2N2O2S. The number of halogens is 2. The summed E-state index contributed by atoms with van der Waals surface area (Å²) in [6, 6.07) is 4.36. The van der Waals surface area contributed by atoms with Gasteiger partial charge < -0.3 is 5.32 Å². The zero-order chi connectivity index (χ0) is 12.5. The van der Waals surface area contributed by atoms with Crippen LogP contribution in [-0.4, -0.2) is 38.9 Å². The molecule has 1 aromatic rings. The molecule has 0 aliphatic carbocycles. The molecule has 1 aliphatic heterocycles. The van der Waals surface area contributed by atoms with E-state index >= 15 is 0 Å². The SMILES string of the molecule is O=S(=O)(c1cc(Cl)cc(Cl)c1)N1CCNCC1. The normalized spacial score (nSPS) is 18.2. The highest BCUT2D eigenvalue weighted by molar-refractivity contribution is 7.89. The molecule has 2 rings (SSSR count). The number of hydrogen-bond acceptors (Lipinski definition) is 3. The Morgan fingerprint density at radius 2 is 1.59 bits per heavy atom. The van der Waals surface area contributed by atoms with Crippen molar-refractivity contribution in [2.45, 2.75) is 4.90 Å². The third-order valence-corrected chi connectivity index (χ3v) is 4.86. The van der Waals surface area contributed by atoms with Gasteiger partial charge in [-0.3, -0.25) is 0 Å². The van der Waals surface area contributed by atoms with Crippen molar-refractivity contribution >= 4 is 33.2 Å². The number of benzene rings is 1. The Bertz CT molecular complexity index is 493. The maximum atomic E-state index is 12.3. The fraction of sp³-hybridized carbons (Fsp3) is 0.400. The van der Waals surface area contributed by atoms with Crippen LogP contribution in [0, 0.1) is 0 Å². The van der Waals surface area contributed by atoms with Gasteiger partial charge in [-0.2, -0.15) is 4.31 Å². The number of nitrogens with one attached hydrogen (secondary N) is 1. The molecule has 1 saturated heterocycles. The summed E-state index contributed by atoms with van der Waals surface area (Å²) in [5, 5.41) is 3.75. The average molecular weight is 295 g/mol. The fourth-order valence-corrected chi connectivity index (χ4v) is 3.88. The first-order chi connectivity index (χ1) is 8.00. The van der Waals surface area contributed by atoms with Crippen LogP contribution < -0.4 is 5.32 Å². The van der Waals surface area contributed by atoms with Crippen LogP contribution in [0.25, 0.3) is 0 Å². The summed E-state index contributed by atoms with van der Waals surface area (Å²) in [5.74, 6) is 0. The van der Waals surface area contributed by atoms with E-state index in [4.69, 9.17) is 23.2 Å². The Hall–Kier alpha value is -0.330. The van der Waals surface area contributed by atoms with Crippen LogP contribution in [0.5, 0.6) is 0 Å². The van der Waals surface area contributed by atoms with E-state index in [-0.39, 0.29) is 4.90 Å². The molecule has 0 saturated carbocycles. The molecule has 1 fully saturated rings. The van der Waals surface area contributed by atoms with Gasteiger partial charge in [0.2, 0.25) is 10.0 Å². The standard InChI is InChI=1S/C10H12Cl2N2O2S/c11-8-5-9(12)7-10(6-8)17(15,16)14-3-1-13-2-4-14/h5-7,13H,1-4H2. The second kappa shape index (κ2) is 5.12. The van der Waals surface area contributed by atoms with E-state index in [1.807, 2.05) is 0 Å². The summed E-state index contributed by atoms with van der Waals surface area (Å²) in [5.41, 5.74) is 0. The van der Waals surface area contributed by atoms with Crippen LogP contribution in [0.15, 0.2) is 23.1 Å². The third-order valence-electron chi connectivity index (χ3n) is 2.55. The van der Waals surface area contributed by atoms with E-state index in [1.54, 1.807) is 0 Å². The minimum Gasteiger partial charge on any atom is -0.314 e. The molecule has 1 aliphatic rings. The smallest absolute Gasteiger partial charge is 0.243 e. The van der Waals surface area contributed by atoms with Crippen LogP contribution in [0.2, 0.25) is 10.0 Å². The minimum absolute atomic E-state index is 0.150. The first-order valence-electron chi connectivity index (χ1n) is 5.17. The van der Waals surface area contributed by atoms with Crippen molar-refractivity contribution < 1.29 is 8.42 Å². The Morgan fingerprint density at radius 1 is 1.06 bits per heavy atom. The molecule has 1 aromatic carbocycles. The Labute approximate surface area is 111 Å². The lowest BCUT2D eigenvalue weighted by atomic mass is 10.4. The van der Waals surface area contributed by atoms with Gasteiger partial charge in [0, 0.05) is 36.2 Å². The van der Waals surface area contributed by atoms with E-state index in [0.29, 0.717) is 36.2 Å². The topological polar surface area (TPSA) is 49.4 Å². The number of hydrogen-bond donors (Lipinski definition) is 1. The summed E-state index contributed by atoms with van der Waals surface area (Å²) in [6.07, 6.45) is 0. The summed E-state index contributed by atoms with van der Waals surface area (Å²) >= 11 is 11.6. The average Bonchev–Trinajstić information content (AvgIpc) is 2.29. The van der Waals surface area contributed by atoms with Crippen molar-refractivity contribution in [1.29, 1.82) is 0 Å². The Morgan fingerprint density at radius 3 is 2.12 bits per heavy atom. The van der Waals surface area contributed by atoms with Crippen LogP contribution >= 0.6 is 23.2 Å². The molecule has 0 spiro atoms. The van der Waals surface area contributed by atoms with Crippen molar-refractivity contribution in [3.05, 3.63) is 28.2 Å². The van der Waals surface area contributed by atoms with Gasteiger partial charge in [-0.25, -0.2) is 8.42 Å². The van der Waals surface area contributed by atoms with Gasteiger partial charge in [0.25, 0.3) is 0 Å². The highest BCUT2D eigenvalue weighted by atomic mass is 35.5. The molecule has 0 radical (unpaired) electrons. The lowest BCUT2D eigenvalue weighted by molar-refractivity contribution is 0.360. The van der Waals surface area contributed by atoms with E-state index < -0.39 is 10.0 Å². The van der Waals surface area contributed by atoms with Crippen molar-refractivity contribution in [2.75, 3.05) is 26.2 Å². The molecular weight excluding hydrogens is 283 g/mol. The van der Waals surface area contributed by atoms with E-state index in [1.165, 1.54) is 22.5 Å². The molecule has 0 bridgehead atoms. The van der Waals surface area contributed by atoms with Crippen molar-refractivity contribution in [3.63, 3.8) is 0 Å². The molecule has 1 N–H and O–H groups in total. The predicted molar refractivity (Wildman–Crippen MR) is 68.1 cm³/mol. The Balaban J connectivity index is 2.36. The molecule has 94 valence electrons. The number of nitrogens with zero attached hydrogens (tertiary/aromatic N) is 1. The van der Waals surface area contributed by atoms with Crippen LogP contribution in [-0.2, 0) is 10.0 Å². The zero-order valence-corrected chi connectivity index (χ0v) is 11.3. The number of piperazine rings is 1. The van der Waals surface area contributed by atoms with Crippen molar-refractivity contribution in [2.24, 2.45) is 0 Å². The molecule has 0 aromatic heterocycles. The molecule has 17 heavy (non-hydrogen) atoms. The second-order valence-electron chi connectivity index (χ2n) is 3.76. The van der Waals surface area contributed by atoms with Crippen LogP contribution in [0.1, 0.15) is 0 Å². The molecule has 0 amide bonds. The van der Waals surface area contributed by atoms with Crippen LogP contribution in [0.3, 0.4) is 0 Å². The predicted octanol–water partition coefficient (Wildman–Crippen LogP) is 1.59. The fourth-order valence-electron chi connectivity index (χ4n) is 1.71. The highest BCUT2D eigenvalue weighted by Gasteiger charge is 2.26. The minimum atomic E-state index is -3.48. The largest absolute Gasteiger partial charge is 0.314 e. The first-order valence-corrected chi connectivity index (χ1v) is 7.37. The van der Waals surface area contributed by atoms with Gasteiger partial charge in [0.15, 0.2) is 0 Å². The molecule has 7 heteroatoms. The lowest BCUT2D eigenvalue weighted by Crippen LogP contribution is -2.46.